The summed E-state index contributed by atoms with van der Waals surface area (Å²) < 4.78 is 6.33. The van der Waals surface area contributed by atoms with Gasteiger partial charge in [0.25, 0.3) is 0 Å². The van der Waals surface area contributed by atoms with E-state index in [9.17, 15) is 9.59 Å². The highest BCUT2D eigenvalue weighted by molar-refractivity contribution is 5.88. The van der Waals surface area contributed by atoms with E-state index in [1.54, 1.807) is 13.1 Å². The summed E-state index contributed by atoms with van der Waals surface area (Å²) in [5.41, 5.74) is 0.386. The Bertz CT molecular complexity index is 373. The van der Waals surface area contributed by atoms with Gasteiger partial charge in [0.05, 0.1) is 18.4 Å². The number of esters is 1. The average Bonchev–Trinajstić information content (AvgIpc) is 2.66. The monoisotopic (exact) mass is 226 g/mol. The molecule has 1 heterocycles. The molecular weight excluding hydrogens is 212 g/mol. The zero-order chi connectivity index (χ0) is 12.0. The fraction of sp³-hybridized carbons (Fsp3) is 0.500. The second-order valence-corrected chi connectivity index (χ2v) is 3.21. The minimum atomic E-state index is -0.835. The summed E-state index contributed by atoms with van der Waals surface area (Å²) in [6, 6.07) is 0. The van der Waals surface area contributed by atoms with Crippen LogP contribution in [0.25, 0.3) is 0 Å². The minimum Gasteiger partial charge on any atom is -0.481 e. The molecule has 0 unspecified atom stereocenters. The van der Waals surface area contributed by atoms with Crippen molar-refractivity contribution in [3.8, 4) is 0 Å². The Balaban J connectivity index is 2.45. The molecule has 1 aromatic heterocycles. The SMILES string of the molecule is CCOC(=O)c1cnn(CCCC(=O)O)c1. The summed E-state index contributed by atoms with van der Waals surface area (Å²) in [7, 11) is 0. The highest BCUT2D eigenvalue weighted by Crippen LogP contribution is 2.02. The molecule has 0 fully saturated rings. The number of carbonyl (C=O) groups is 2. The van der Waals surface area contributed by atoms with Crippen LogP contribution in [0.5, 0.6) is 0 Å². The van der Waals surface area contributed by atoms with Crippen molar-refractivity contribution in [1.29, 1.82) is 0 Å². The molecule has 0 aliphatic rings. The lowest BCUT2D eigenvalue weighted by Gasteiger charge is -1.98. The van der Waals surface area contributed by atoms with Crippen molar-refractivity contribution in [2.24, 2.45) is 0 Å². The lowest BCUT2D eigenvalue weighted by Crippen LogP contribution is -2.04. The first-order chi connectivity index (χ1) is 7.63. The van der Waals surface area contributed by atoms with Gasteiger partial charge in [-0.05, 0) is 13.3 Å². The van der Waals surface area contributed by atoms with E-state index in [1.807, 2.05) is 0 Å². The molecule has 0 bridgehead atoms. The van der Waals surface area contributed by atoms with Gasteiger partial charge in [-0.1, -0.05) is 0 Å². The van der Waals surface area contributed by atoms with Crippen LogP contribution in [0.15, 0.2) is 12.4 Å². The van der Waals surface area contributed by atoms with Gasteiger partial charge in [0.1, 0.15) is 0 Å². The third kappa shape index (κ3) is 3.72. The van der Waals surface area contributed by atoms with Crippen LogP contribution in [-0.2, 0) is 16.1 Å². The molecule has 0 aromatic carbocycles. The third-order valence-corrected chi connectivity index (χ3v) is 1.92. The first-order valence-electron chi connectivity index (χ1n) is 5.05. The molecule has 6 heteroatoms. The van der Waals surface area contributed by atoms with Crippen LogP contribution < -0.4 is 0 Å². The van der Waals surface area contributed by atoms with E-state index in [0.29, 0.717) is 25.1 Å². The molecule has 1 rings (SSSR count). The third-order valence-electron chi connectivity index (χ3n) is 1.92. The number of carbonyl (C=O) groups excluding carboxylic acids is 1. The van der Waals surface area contributed by atoms with Gasteiger partial charge in [-0.25, -0.2) is 4.79 Å². The van der Waals surface area contributed by atoms with E-state index in [2.05, 4.69) is 5.10 Å². The van der Waals surface area contributed by atoms with E-state index in [0.717, 1.165) is 0 Å². The zero-order valence-corrected chi connectivity index (χ0v) is 9.05. The van der Waals surface area contributed by atoms with Crippen LogP contribution in [0.3, 0.4) is 0 Å². The number of aryl methyl sites for hydroxylation is 1. The fourth-order valence-corrected chi connectivity index (χ4v) is 1.20. The maximum Gasteiger partial charge on any atom is 0.341 e. The number of aromatic nitrogens is 2. The summed E-state index contributed by atoms with van der Waals surface area (Å²) in [5.74, 6) is -1.25. The lowest BCUT2D eigenvalue weighted by atomic mass is 10.3. The number of hydrogen-bond donors (Lipinski definition) is 1. The summed E-state index contributed by atoms with van der Waals surface area (Å²) in [4.78, 5) is 21.6. The number of rotatable bonds is 6. The smallest absolute Gasteiger partial charge is 0.341 e. The summed E-state index contributed by atoms with van der Waals surface area (Å²) >= 11 is 0. The zero-order valence-electron chi connectivity index (χ0n) is 9.05. The van der Waals surface area contributed by atoms with Crippen LogP contribution in [0.4, 0.5) is 0 Å². The molecule has 0 atom stereocenters. The number of hydrogen-bond acceptors (Lipinski definition) is 4. The van der Waals surface area contributed by atoms with Crippen LogP contribution in [0.1, 0.15) is 30.1 Å². The van der Waals surface area contributed by atoms with E-state index in [-0.39, 0.29) is 6.42 Å². The first kappa shape index (κ1) is 12.2. The van der Waals surface area contributed by atoms with Crippen LogP contribution >= 0.6 is 0 Å². The number of nitrogens with zero attached hydrogens (tertiary/aromatic N) is 2. The van der Waals surface area contributed by atoms with Gasteiger partial charge in [0, 0.05) is 19.2 Å². The van der Waals surface area contributed by atoms with Crippen LogP contribution in [0.2, 0.25) is 0 Å². The summed E-state index contributed by atoms with van der Waals surface area (Å²) in [5, 5.41) is 12.4. The highest BCUT2D eigenvalue weighted by atomic mass is 16.5. The number of ether oxygens (including phenoxy) is 1. The van der Waals surface area contributed by atoms with Crippen molar-refractivity contribution >= 4 is 11.9 Å². The minimum absolute atomic E-state index is 0.0919. The molecule has 88 valence electrons. The largest absolute Gasteiger partial charge is 0.481 e. The molecule has 0 spiro atoms. The van der Waals surface area contributed by atoms with Crippen molar-refractivity contribution in [1.82, 2.24) is 9.78 Å². The lowest BCUT2D eigenvalue weighted by molar-refractivity contribution is -0.137. The van der Waals surface area contributed by atoms with Crippen LogP contribution in [0, 0.1) is 0 Å². The Morgan fingerprint density at radius 2 is 2.31 bits per heavy atom. The van der Waals surface area contributed by atoms with Gasteiger partial charge in [0.2, 0.25) is 0 Å². The van der Waals surface area contributed by atoms with Gasteiger partial charge < -0.3 is 9.84 Å². The molecule has 0 aliphatic carbocycles. The predicted octanol–water partition coefficient (Wildman–Crippen LogP) is 0.925. The molecule has 6 nitrogen and oxygen atoms in total. The molecule has 0 saturated heterocycles. The normalized spacial score (nSPS) is 10.1. The molecule has 0 radical (unpaired) electrons. The Hall–Kier alpha value is -1.85. The molecular formula is C10H14N2O4. The molecule has 1 N–H and O–H groups in total. The van der Waals surface area contributed by atoms with E-state index < -0.39 is 11.9 Å². The van der Waals surface area contributed by atoms with Gasteiger partial charge in [-0.15, -0.1) is 0 Å². The standard InChI is InChI=1S/C10H14N2O4/c1-2-16-10(15)8-6-11-12(7-8)5-3-4-9(13)14/h6-7H,2-5H2,1H3,(H,13,14). The number of aliphatic carboxylic acids is 1. The molecule has 1 aromatic rings. The van der Waals surface area contributed by atoms with E-state index in [4.69, 9.17) is 9.84 Å². The highest BCUT2D eigenvalue weighted by Gasteiger charge is 2.09. The molecule has 0 aliphatic heterocycles. The second kappa shape index (κ2) is 5.89. The second-order valence-electron chi connectivity index (χ2n) is 3.21. The van der Waals surface area contributed by atoms with Gasteiger partial charge >= 0.3 is 11.9 Å². The van der Waals surface area contributed by atoms with Crippen LogP contribution in [-0.4, -0.2) is 33.4 Å². The molecule has 16 heavy (non-hydrogen) atoms. The van der Waals surface area contributed by atoms with Crippen molar-refractivity contribution in [3.63, 3.8) is 0 Å². The van der Waals surface area contributed by atoms with E-state index in [1.165, 1.54) is 10.9 Å². The first-order valence-corrected chi connectivity index (χ1v) is 5.05. The fourth-order valence-electron chi connectivity index (χ4n) is 1.20. The van der Waals surface area contributed by atoms with Crippen molar-refractivity contribution in [2.75, 3.05) is 6.61 Å². The predicted molar refractivity (Wildman–Crippen MR) is 55.1 cm³/mol. The van der Waals surface area contributed by atoms with Gasteiger partial charge in [0.15, 0.2) is 0 Å². The Labute approximate surface area is 92.8 Å². The molecule has 0 saturated carbocycles. The topological polar surface area (TPSA) is 81.4 Å². The van der Waals surface area contributed by atoms with Crippen molar-refractivity contribution < 1.29 is 19.4 Å². The van der Waals surface area contributed by atoms with Crippen molar-refractivity contribution in [2.45, 2.75) is 26.3 Å². The van der Waals surface area contributed by atoms with Gasteiger partial charge in [-0.2, -0.15) is 5.10 Å². The Morgan fingerprint density at radius 1 is 1.56 bits per heavy atom. The number of carboxylic acid groups (broad SMARTS) is 1. The maximum absolute atomic E-state index is 11.3. The summed E-state index contributed by atoms with van der Waals surface area (Å²) in [6.07, 6.45) is 3.55. The van der Waals surface area contributed by atoms with E-state index >= 15 is 0 Å². The Kier molecular flexibility index (Phi) is 4.50. The summed E-state index contributed by atoms with van der Waals surface area (Å²) in [6.45, 7) is 2.53. The van der Waals surface area contributed by atoms with Gasteiger partial charge in [-0.3, -0.25) is 9.48 Å². The number of carboxylic acids is 1. The van der Waals surface area contributed by atoms with Crippen molar-refractivity contribution in [3.05, 3.63) is 18.0 Å². The maximum atomic E-state index is 11.3. The Morgan fingerprint density at radius 3 is 2.94 bits per heavy atom. The quantitative estimate of drug-likeness (QED) is 0.729. The average molecular weight is 226 g/mol. The molecule has 0 amide bonds.